The molecule has 0 aromatic carbocycles. The fraction of sp³-hybridized carbons (Fsp3) is 0.583. The lowest BCUT2D eigenvalue weighted by molar-refractivity contribution is 0.0515. The van der Waals surface area contributed by atoms with Gasteiger partial charge in [0.1, 0.15) is 11.6 Å². The van der Waals surface area contributed by atoms with E-state index in [2.05, 4.69) is 24.1 Å². The van der Waals surface area contributed by atoms with Gasteiger partial charge in [0.15, 0.2) is 0 Å². The van der Waals surface area contributed by atoms with Gasteiger partial charge in [-0.1, -0.05) is 13.8 Å². The smallest absolute Gasteiger partial charge is 0.141 e. The number of aliphatic hydroxyl groups is 1. The Morgan fingerprint density at radius 3 is 2.69 bits per heavy atom. The molecule has 0 aliphatic rings. The molecule has 0 bridgehead atoms. The first-order valence-corrected chi connectivity index (χ1v) is 5.47. The molecule has 16 heavy (non-hydrogen) atoms. The highest BCUT2D eigenvalue weighted by atomic mass is 19.1. The monoisotopic (exact) mass is 226 g/mol. The van der Waals surface area contributed by atoms with Crippen LogP contribution in [0.1, 0.15) is 27.2 Å². The lowest BCUT2D eigenvalue weighted by Crippen LogP contribution is -2.35. The van der Waals surface area contributed by atoms with E-state index in [-0.39, 0.29) is 5.82 Å². The van der Waals surface area contributed by atoms with Crippen LogP contribution < -0.4 is 5.32 Å². The molecule has 1 rings (SSSR count). The summed E-state index contributed by atoms with van der Waals surface area (Å²) in [5, 5.41) is 13.0. The van der Waals surface area contributed by atoms with Gasteiger partial charge in [-0.2, -0.15) is 0 Å². The van der Waals surface area contributed by atoms with E-state index in [0.717, 1.165) is 6.20 Å². The number of nitrogens with one attached hydrogen (secondary N) is 1. The maximum atomic E-state index is 12.6. The van der Waals surface area contributed by atoms with E-state index >= 15 is 0 Å². The third-order valence-corrected chi connectivity index (χ3v) is 2.23. The molecule has 0 radical (unpaired) electrons. The molecule has 0 aliphatic carbocycles. The summed E-state index contributed by atoms with van der Waals surface area (Å²) in [5.74, 6) is 0.642. The number of anilines is 1. The molecule has 90 valence electrons. The summed E-state index contributed by atoms with van der Waals surface area (Å²) in [6.45, 7) is 6.31. The minimum Gasteiger partial charge on any atom is -0.388 e. The van der Waals surface area contributed by atoms with Gasteiger partial charge in [-0.15, -0.1) is 0 Å². The summed E-state index contributed by atoms with van der Waals surface area (Å²) < 4.78 is 12.6. The molecule has 0 spiro atoms. The highest BCUT2D eigenvalue weighted by molar-refractivity contribution is 5.33. The molecule has 3 nitrogen and oxygen atoms in total. The van der Waals surface area contributed by atoms with Gasteiger partial charge >= 0.3 is 0 Å². The number of hydrogen-bond acceptors (Lipinski definition) is 3. The Hall–Kier alpha value is -1.16. The van der Waals surface area contributed by atoms with Crippen molar-refractivity contribution in [1.29, 1.82) is 0 Å². The molecule has 4 heteroatoms. The van der Waals surface area contributed by atoms with Gasteiger partial charge in [0.05, 0.1) is 11.8 Å². The third kappa shape index (κ3) is 4.57. The topological polar surface area (TPSA) is 45.1 Å². The number of halogens is 1. The average Bonchev–Trinajstić information content (AvgIpc) is 2.15. The zero-order valence-electron chi connectivity index (χ0n) is 10.00. The minimum atomic E-state index is -0.774. The molecule has 0 saturated heterocycles. The van der Waals surface area contributed by atoms with E-state index in [9.17, 15) is 9.50 Å². The van der Waals surface area contributed by atoms with Crippen LogP contribution in [-0.4, -0.2) is 22.2 Å². The van der Waals surface area contributed by atoms with Gasteiger partial charge < -0.3 is 10.4 Å². The summed E-state index contributed by atoms with van der Waals surface area (Å²) in [7, 11) is 0. The van der Waals surface area contributed by atoms with Crippen molar-refractivity contribution < 1.29 is 9.50 Å². The first-order chi connectivity index (χ1) is 7.39. The van der Waals surface area contributed by atoms with Crippen LogP contribution in [0.15, 0.2) is 18.3 Å². The Morgan fingerprint density at radius 1 is 1.50 bits per heavy atom. The quantitative estimate of drug-likeness (QED) is 0.810. The van der Waals surface area contributed by atoms with Crippen LogP contribution in [0.2, 0.25) is 0 Å². The van der Waals surface area contributed by atoms with Gasteiger partial charge in [-0.25, -0.2) is 9.37 Å². The highest BCUT2D eigenvalue weighted by Crippen LogP contribution is 2.16. The average molecular weight is 226 g/mol. The zero-order valence-corrected chi connectivity index (χ0v) is 10.00. The Bertz CT molecular complexity index is 322. The molecular formula is C12H19FN2O. The summed E-state index contributed by atoms with van der Waals surface area (Å²) in [6, 6.07) is 2.90. The first kappa shape index (κ1) is 12.9. The van der Waals surface area contributed by atoms with Crippen LogP contribution in [0.3, 0.4) is 0 Å². The second-order valence-corrected chi connectivity index (χ2v) is 4.81. The lowest BCUT2D eigenvalue weighted by atomic mass is 9.94. The van der Waals surface area contributed by atoms with Gasteiger partial charge in [-0.3, -0.25) is 0 Å². The molecule has 1 unspecified atom stereocenters. The predicted molar refractivity (Wildman–Crippen MR) is 62.8 cm³/mol. The molecule has 0 amide bonds. The van der Waals surface area contributed by atoms with E-state index < -0.39 is 5.60 Å². The molecule has 0 fully saturated rings. The molecule has 1 atom stereocenters. The molecule has 1 aromatic rings. The second-order valence-electron chi connectivity index (χ2n) is 4.81. The standard InChI is InChI=1S/C12H19FN2O/c1-9(2)6-12(3,16)8-15-11-5-4-10(13)7-14-11/h4-5,7,9,16H,6,8H2,1-3H3,(H,14,15). The highest BCUT2D eigenvalue weighted by Gasteiger charge is 2.21. The van der Waals surface area contributed by atoms with Crippen molar-refractivity contribution in [1.82, 2.24) is 4.98 Å². The van der Waals surface area contributed by atoms with Crippen LogP contribution in [0.4, 0.5) is 10.2 Å². The van der Waals surface area contributed by atoms with Crippen molar-refractivity contribution in [2.75, 3.05) is 11.9 Å². The van der Waals surface area contributed by atoms with Crippen LogP contribution in [-0.2, 0) is 0 Å². The number of nitrogens with zero attached hydrogens (tertiary/aromatic N) is 1. The maximum absolute atomic E-state index is 12.6. The lowest BCUT2D eigenvalue weighted by Gasteiger charge is -2.25. The normalized spacial score (nSPS) is 14.9. The van der Waals surface area contributed by atoms with E-state index in [1.165, 1.54) is 6.07 Å². The number of aromatic nitrogens is 1. The van der Waals surface area contributed by atoms with E-state index in [1.807, 2.05) is 0 Å². The van der Waals surface area contributed by atoms with Crippen LogP contribution in [0, 0.1) is 11.7 Å². The predicted octanol–water partition coefficient (Wildman–Crippen LogP) is 2.43. The van der Waals surface area contributed by atoms with Crippen LogP contribution >= 0.6 is 0 Å². The maximum Gasteiger partial charge on any atom is 0.141 e. The van der Waals surface area contributed by atoms with Gasteiger partial charge in [-0.05, 0) is 31.4 Å². The van der Waals surface area contributed by atoms with Crippen molar-refractivity contribution >= 4 is 5.82 Å². The summed E-state index contributed by atoms with van der Waals surface area (Å²) in [4.78, 5) is 3.86. The van der Waals surface area contributed by atoms with E-state index in [1.54, 1.807) is 13.0 Å². The van der Waals surface area contributed by atoms with Crippen LogP contribution in [0.25, 0.3) is 0 Å². The molecule has 1 aromatic heterocycles. The number of rotatable bonds is 5. The molecular weight excluding hydrogens is 207 g/mol. The zero-order chi connectivity index (χ0) is 12.2. The number of hydrogen-bond donors (Lipinski definition) is 2. The SMILES string of the molecule is CC(C)CC(C)(O)CNc1ccc(F)cn1. The largest absolute Gasteiger partial charge is 0.388 e. The van der Waals surface area contributed by atoms with Crippen molar-refractivity contribution in [2.45, 2.75) is 32.8 Å². The molecule has 2 N–H and O–H groups in total. The minimum absolute atomic E-state index is 0.362. The van der Waals surface area contributed by atoms with E-state index in [0.29, 0.717) is 24.7 Å². The fourth-order valence-electron chi connectivity index (χ4n) is 1.71. The number of pyridine rings is 1. The first-order valence-electron chi connectivity index (χ1n) is 5.47. The molecule has 0 aliphatic heterocycles. The van der Waals surface area contributed by atoms with Gasteiger partial charge in [0.25, 0.3) is 0 Å². The second kappa shape index (κ2) is 5.25. The molecule has 0 saturated carbocycles. The summed E-state index contributed by atoms with van der Waals surface area (Å²) in [6.07, 6.45) is 1.86. The Balaban J connectivity index is 2.47. The van der Waals surface area contributed by atoms with E-state index in [4.69, 9.17) is 0 Å². The fourth-order valence-corrected chi connectivity index (χ4v) is 1.71. The summed E-state index contributed by atoms with van der Waals surface area (Å²) >= 11 is 0. The Labute approximate surface area is 95.7 Å². The Kier molecular flexibility index (Phi) is 4.24. The van der Waals surface area contributed by atoms with Crippen LogP contribution in [0.5, 0.6) is 0 Å². The van der Waals surface area contributed by atoms with Crippen molar-refractivity contribution in [3.8, 4) is 0 Å². The molecule has 1 heterocycles. The third-order valence-electron chi connectivity index (χ3n) is 2.23. The van der Waals surface area contributed by atoms with Crippen molar-refractivity contribution in [2.24, 2.45) is 5.92 Å². The summed E-state index contributed by atoms with van der Waals surface area (Å²) in [5.41, 5.74) is -0.774. The van der Waals surface area contributed by atoms with Gasteiger partial charge in [0, 0.05) is 6.54 Å². The Morgan fingerprint density at radius 2 is 2.19 bits per heavy atom. The van der Waals surface area contributed by atoms with Crippen molar-refractivity contribution in [3.05, 3.63) is 24.1 Å². The van der Waals surface area contributed by atoms with Gasteiger partial charge in [0.2, 0.25) is 0 Å². The van der Waals surface area contributed by atoms with Crippen molar-refractivity contribution in [3.63, 3.8) is 0 Å².